The van der Waals surface area contributed by atoms with Crippen molar-refractivity contribution in [3.63, 3.8) is 0 Å². The maximum absolute atomic E-state index is 12.1. The number of nitrogens with two attached hydrogens (primary N) is 1. The Morgan fingerprint density at radius 1 is 1.53 bits per heavy atom. The van der Waals surface area contributed by atoms with Crippen LogP contribution in [0.15, 0.2) is 23.1 Å². The van der Waals surface area contributed by atoms with E-state index in [0.29, 0.717) is 12.1 Å². The number of H-pyrrole nitrogens is 1. The third-order valence-corrected chi connectivity index (χ3v) is 2.29. The molecule has 0 fully saturated rings. The summed E-state index contributed by atoms with van der Waals surface area (Å²) in [7, 11) is 0. The predicted octanol–water partition coefficient (Wildman–Crippen LogP) is 0.513. The quantitative estimate of drug-likeness (QED) is 0.750. The number of carbonyl (C=O) groups is 1. The Bertz CT molecular complexity index is 450. The van der Waals surface area contributed by atoms with Crippen molar-refractivity contribution in [3.05, 3.63) is 34.2 Å². The van der Waals surface area contributed by atoms with Gasteiger partial charge in [0.05, 0.1) is 17.1 Å². The molecule has 0 radical (unpaired) electrons. The Hall–Kier alpha value is -1.69. The maximum Gasteiger partial charge on any atom is 0.255 e. The van der Waals surface area contributed by atoms with E-state index in [-0.39, 0.29) is 23.0 Å². The molecule has 17 heavy (non-hydrogen) atoms. The lowest BCUT2D eigenvalue weighted by Crippen LogP contribution is -2.38. The first-order valence-corrected chi connectivity index (χ1v) is 5.71. The molecule has 1 aromatic rings. The first-order chi connectivity index (χ1) is 8.04. The molecule has 0 aromatic carbocycles. The molecule has 0 aliphatic carbocycles. The summed E-state index contributed by atoms with van der Waals surface area (Å²) in [6, 6.07) is 2.81. The summed E-state index contributed by atoms with van der Waals surface area (Å²) in [5, 5.41) is 0. The first-order valence-electron chi connectivity index (χ1n) is 5.31. The summed E-state index contributed by atoms with van der Waals surface area (Å²) in [5.41, 5.74) is 5.63. The lowest BCUT2D eigenvalue weighted by atomic mass is 10.2. The highest BCUT2D eigenvalue weighted by atomic mass is 32.1. The third kappa shape index (κ3) is 3.99. The second kappa shape index (κ2) is 6.15. The van der Waals surface area contributed by atoms with Gasteiger partial charge < -0.3 is 15.6 Å². The van der Waals surface area contributed by atoms with Crippen LogP contribution in [0.1, 0.15) is 23.7 Å². The van der Waals surface area contributed by atoms with Crippen LogP contribution in [0.3, 0.4) is 0 Å². The van der Waals surface area contributed by atoms with Crippen LogP contribution in [0.25, 0.3) is 0 Å². The molecule has 1 amide bonds. The van der Waals surface area contributed by atoms with Gasteiger partial charge in [0.15, 0.2) is 0 Å². The maximum atomic E-state index is 12.1. The molecule has 0 saturated carbocycles. The standard InChI is InChI=1S/C11H15N3O2S/c1-2-5-14(7-9(12)17)11(16)8-3-4-10(15)13-6-8/h3-4,6H,2,5,7H2,1H3,(H2,12,17)(H,13,15). The van der Waals surface area contributed by atoms with Gasteiger partial charge in [0.2, 0.25) is 5.56 Å². The van der Waals surface area contributed by atoms with Crippen molar-refractivity contribution in [1.29, 1.82) is 0 Å². The Morgan fingerprint density at radius 3 is 2.71 bits per heavy atom. The van der Waals surface area contributed by atoms with Crippen molar-refractivity contribution in [2.45, 2.75) is 13.3 Å². The number of nitrogens with zero attached hydrogens (tertiary/aromatic N) is 1. The minimum absolute atomic E-state index is 0.184. The van der Waals surface area contributed by atoms with E-state index in [4.69, 9.17) is 18.0 Å². The van der Waals surface area contributed by atoms with Gasteiger partial charge >= 0.3 is 0 Å². The van der Waals surface area contributed by atoms with Crippen LogP contribution in [0, 0.1) is 0 Å². The lowest BCUT2D eigenvalue weighted by Gasteiger charge is -2.21. The van der Waals surface area contributed by atoms with E-state index in [1.807, 2.05) is 6.92 Å². The molecule has 0 aliphatic heterocycles. The molecule has 6 heteroatoms. The summed E-state index contributed by atoms with van der Waals surface area (Å²) in [6.07, 6.45) is 2.21. The van der Waals surface area contributed by atoms with Crippen molar-refractivity contribution in [3.8, 4) is 0 Å². The molecular weight excluding hydrogens is 238 g/mol. The van der Waals surface area contributed by atoms with Crippen LogP contribution in [-0.4, -0.2) is 33.9 Å². The van der Waals surface area contributed by atoms with Crippen molar-refractivity contribution in [1.82, 2.24) is 9.88 Å². The van der Waals surface area contributed by atoms with E-state index in [2.05, 4.69) is 4.98 Å². The number of aromatic amines is 1. The lowest BCUT2D eigenvalue weighted by molar-refractivity contribution is 0.0779. The van der Waals surface area contributed by atoms with Crippen LogP contribution in [0.5, 0.6) is 0 Å². The van der Waals surface area contributed by atoms with Gasteiger partial charge in [-0.05, 0) is 12.5 Å². The summed E-state index contributed by atoms with van der Waals surface area (Å²) in [4.78, 5) is 27.3. The zero-order valence-corrected chi connectivity index (χ0v) is 10.4. The number of hydrogen-bond acceptors (Lipinski definition) is 3. The molecule has 3 N–H and O–H groups in total. The van der Waals surface area contributed by atoms with E-state index < -0.39 is 0 Å². The zero-order valence-electron chi connectivity index (χ0n) is 9.60. The molecule has 0 bridgehead atoms. The van der Waals surface area contributed by atoms with Gasteiger partial charge in [-0.2, -0.15) is 0 Å². The normalized spacial score (nSPS) is 9.94. The second-order valence-corrected chi connectivity index (χ2v) is 4.16. The van der Waals surface area contributed by atoms with Crippen molar-refractivity contribution < 1.29 is 4.79 Å². The van der Waals surface area contributed by atoms with E-state index in [1.165, 1.54) is 18.3 Å². The molecule has 5 nitrogen and oxygen atoms in total. The summed E-state index contributed by atoms with van der Waals surface area (Å²) in [5.74, 6) is -0.184. The largest absolute Gasteiger partial charge is 0.392 e. The molecule has 0 unspecified atom stereocenters. The Balaban J connectivity index is 2.86. The van der Waals surface area contributed by atoms with Crippen LogP contribution in [0.2, 0.25) is 0 Å². The predicted molar refractivity (Wildman–Crippen MR) is 70.0 cm³/mol. The fourth-order valence-corrected chi connectivity index (χ4v) is 1.59. The second-order valence-electron chi connectivity index (χ2n) is 3.63. The minimum Gasteiger partial charge on any atom is -0.392 e. The van der Waals surface area contributed by atoms with Crippen molar-refractivity contribution in [2.24, 2.45) is 5.73 Å². The minimum atomic E-state index is -0.238. The monoisotopic (exact) mass is 253 g/mol. The van der Waals surface area contributed by atoms with Gasteiger partial charge in [0.1, 0.15) is 0 Å². The van der Waals surface area contributed by atoms with Crippen LogP contribution < -0.4 is 11.3 Å². The smallest absolute Gasteiger partial charge is 0.255 e. The molecular formula is C11H15N3O2S. The highest BCUT2D eigenvalue weighted by Crippen LogP contribution is 2.03. The van der Waals surface area contributed by atoms with Gasteiger partial charge in [0.25, 0.3) is 5.91 Å². The molecule has 1 aromatic heterocycles. The van der Waals surface area contributed by atoms with Gasteiger partial charge in [0, 0.05) is 18.8 Å². The van der Waals surface area contributed by atoms with Crippen LogP contribution >= 0.6 is 12.2 Å². The summed E-state index contributed by atoms with van der Waals surface area (Å²) >= 11 is 4.80. The number of rotatable bonds is 5. The third-order valence-electron chi connectivity index (χ3n) is 2.16. The number of nitrogens with one attached hydrogen (secondary N) is 1. The topological polar surface area (TPSA) is 79.2 Å². The SMILES string of the molecule is CCCN(CC(N)=S)C(=O)c1ccc(=O)[nH]c1. The molecule has 0 saturated heterocycles. The summed E-state index contributed by atoms with van der Waals surface area (Å²) in [6.45, 7) is 2.79. The fourth-order valence-electron chi connectivity index (χ4n) is 1.44. The Kier molecular flexibility index (Phi) is 4.84. The molecule has 0 aliphatic rings. The number of amides is 1. The van der Waals surface area contributed by atoms with Crippen molar-refractivity contribution >= 4 is 23.1 Å². The fraction of sp³-hybridized carbons (Fsp3) is 0.364. The number of hydrogen-bond donors (Lipinski definition) is 2. The highest BCUT2D eigenvalue weighted by Gasteiger charge is 2.15. The molecule has 1 rings (SSSR count). The van der Waals surface area contributed by atoms with E-state index in [9.17, 15) is 9.59 Å². The Labute approximate surface area is 105 Å². The number of pyridine rings is 1. The molecule has 0 atom stereocenters. The average molecular weight is 253 g/mol. The van der Waals surface area contributed by atoms with Gasteiger partial charge in [-0.15, -0.1) is 0 Å². The highest BCUT2D eigenvalue weighted by molar-refractivity contribution is 7.80. The van der Waals surface area contributed by atoms with Gasteiger partial charge in [-0.25, -0.2) is 0 Å². The van der Waals surface area contributed by atoms with E-state index >= 15 is 0 Å². The van der Waals surface area contributed by atoms with Gasteiger partial charge in [-0.1, -0.05) is 19.1 Å². The first kappa shape index (κ1) is 13.4. The summed E-state index contributed by atoms with van der Waals surface area (Å²) < 4.78 is 0. The van der Waals surface area contributed by atoms with Crippen molar-refractivity contribution in [2.75, 3.05) is 13.1 Å². The number of carbonyl (C=O) groups excluding carboxylic acids is 1. The van der Waals surface area contributed by atoms with E-state index in [1.54, 1.807) is 4.90 Å². The van der Waals surface area contributed by atoms with Crippen LogP contribution in [0.4, 0.5) is 0 Å². The Morgan fingerprint density at radius 2 is 2.24 bits per heavy atom. The average Bonchev–Trinajstić information content (AvgIpc) is 2.28. The molecule has 0 spiro atoms. The molecule has 92 valence electrons. The van der Waals surface area contributed by atoms with Gasteiger partial charge in [-0.3, -0.25) is 9.59 Å². The zero-order chi connectivity index (χ0) is 12.8. The van der Waals surface area contributed by atoms with Crippen LogP contribution in [-0.2, 0) is 0 Å². The molecule has 1 heterocycles. The number of aromatic nitrogens is 1. The number of thiocarbonyl (C=S) groups is 1. The van der Waals surface area contributed by atoms with E-state index in [0.717, 1.165) is 6.42 Å².